The number of Topliss-reactive ketones (excluding diaryl/α,β-unsaturated/α-hetero) is 1. The van der Waals surface area contributed by atoms with Gasteiger partial charge in [-0.2, -0.15) is 0 Å². The predicted octanol–water partition coefficient (Wildman–Crippen LogP) is 4.60. The summed E-state index contributed by atoms with van der Waals surface area (Å²) in [7, 11) is 0. The van der Waals surface area contributed by atoms with Gasteiger partial charge < -0.3 is 0 Å². The van der Waals surface area contributed by atoms with Gasteiger partial charge in [0, 0.05) is 5.56 Å². The highest BCUT2D eigenvalue weighted by molar-refractivity contribution is 5.94. The van der Waals surface area contributed by atoms with Crippen molar-refractivity contribution in [3.8, 4) is 0 Å². The average Bonchev–Trinajstić information content (AvgIpc) is 2.14. The molecule has 0 saturated heterocycles. The van der Waals surface area contributed by atoms with Gasteiger partial charge in [0.15, 0.2) is 5.78 Å². The minimum atomic E-state index is 0.130. The van der Waals surface area contributed by atoms with Crippen LogP contribution in [0.15, 0.2) is 24.3 Å². The second kappa shape index (κ2) is 4.64. The Morgan fingerprint density at radius 2 is 1.47 bits per heavy atom. The average molecular weight is 232 g/mol. The summed E-state index contributed by atoms with van der Waals surface area (Å²) in [6.07, 6.45) is 1.12. The molecule has 0 aliphatic rings. The van der Waals surface area contributed by atoms with Gasteiger partial charge in [0.1, 0.15) is 0 Å². The van der Waals surface area contributed by atoms with Gasteiger partial charge in [-0.25, -0.2) is 0 Å². The zero-order chi connectivity index (χ0) is 13.3. The first-order valence-electron chi connectivity index (χ1n) is 6.23. The molecular weight excluding hydrogens is 208 g/mol. The highest BCUT2D eigenvalue weighted by atomic mass is 16.1. The summed E-state index contributed by atoms with van der Waals surface area (Å²) in [5.41, 5.74) is 2.55. The molecule has 0 radical (unpaired) electrons. The topological polar surface area (TPSA) is 17.1 Å². The Balaban J connectivity index is 2.96. The number of hydrogen-bond donors (Lipinski definition) is 0. The first-order chi connectivity index (χ1) is 7.62. The molecule has 17 heavy (non-hydrogen) atoms. The van der Waals surface area contributed by atoms with Gasteiger partial charge in [-0.3, -0.25) is 4.79 Å². The minimum absolute atomic E-state index is 0.130. The lowest BCUT2D eigenvalue weighted by atomic mass is 9.72. The Morgan fingerprint density at radius 3 is 1.82 bits per heavy atom. The summed E-state index contributed by atoms with van der Waals surface area (Å²) in [5, 5.41) is 0. The lowest BCUT2D eigenvalue weighted by Crippen LogP contribution is -2.24. The molecule has 0 aromatic heterocycles. The second-order valence-electron chi connectivity index (χ2n) is 6.75. The highest BCUT2D eigenvalue weighted by Gasteiger charge is 2.27. The first-order valence-corrected chi connectivity index (χ1v) is 6.23. The third kappa shape index (κ3) is 3.99. The van der Waals surface area contributed by atoms with Crippen molar-refractivity contribution in [2.45, 2.75) is 53.4 Å². The Kier molecular flexibility index (Phi) is 3.81. The van der Waals surface area contributed by atoms with Crippen LogP contribution in [-0.2, 0) is 5.41 Å². The Morgan fingerprint density at radius 1 is 1.00 bits per heavy atom. The van der Waals surface area contributed by atoms with Gasteiger partial charge in [-0.1, -0.05) is 58.9 Å². The van der Waals surface area contributed by atoms with Crippen LogP contribution >= 0.6 is 0 Å². The summed E-state index contributed by atoms with van der Waals surface area (Å²) in [5.74, 6) is 0.130. The van der Waals surface area contributed by atoms with E-state index in [2.05, 4.69) is 46.8 Å². The minimum Gasteiger partial charge on any atom is -0.295 e. The molecule has 0 N–H and O–H groups in total. The second-order valence-corrected chi connectivity index (χ2v) is 6.75. The SMILES string of the molecule is CC(=O)c1ccc(C(C)(C)CC(C)(C)C)cc1. The predicted molar refractivity (Wildman–Crippen MR) is 73.5 cm³/mol. The summed E-state index contributed by atoms with van der Waals surface area (Å²) < 4.78 is 0. The van der Waals surface area contributed by atoms with Gasteiger partial charge in [0.25, 0.3) is 0 Å². The molecule has 1 nitrogen and oxygen atoms in total. The molecular formula is C16H24O. The Labute approximate surface area is 105 Å². The van der Waals surface area contributed by atoms with Crippen LogP contribution in [0.2, 0.25) is 0 Å². The number of carbonyl (C=O) groups excluding carboxylic acids is 1. The molecule has 0 heterocycles. The van der Waals surface area contributed by atoms with Gasteiger partial charge in [-0.15, -0.1) is 0 Å². The third-order valence-corrected chi connectivity index (χ3v) is 3.05. The fourth-order valence-corrected chi connectivity index (χ4v) is 2.58. The number of carbonyl (C=O) groups is 1. The van der Waals surface area contributed by atoms with E-state index in [-0.39, 0.29) is 11.2 Å². The van der Waals surface area contributed by atoms with E-state index in [0.29, 0.717) is 5.41 Å². The smallest absolute Gasteiger partial charge is 0.159 e. The normalized spacial score (nSPS) is 12.6. The standard InChI is InChI=1S/C16H24O/c1-12(17)13-7-9-14(10-8-13)16(5,6)11-15(2,3)4/h7-10H,11H2,1-6H3. The van der Waals surface area contributed by atoms with Gasteiger partial charge in [-0.05, 0) is 29.7 Å². The number of hydrogen-bond acceptors (Lipinski definition) is 1. The van der Waals surface area contributed by atoms with Crippen molar-refractivity contribution < 1.29 is 4.79 Å². The van der Waals surface area contributed by atoms with E-state index < -0.39 is 0 Å². The van der Waals surface area contributed by atoms with Crippen LogP contribution < -0.4 is 0 Å². The molecule has 1 rings (SSSR count). The summed E-state index contributed by atoms with van der Waals surface area (Å²) in [6, 6.07) is 8.04. The molecule has 1 aromatic rings. The number of ketones is 1. The van der Waals surface area contributed by atoms with Crippen LogP contribution in [0.1, 0.15) is 63.9 Å². The first kappa shape index (κ1) is 14.0. The maximum atomic E-state index is 11.2. The van der Waals surface area contributed by atoms with Crippen molar-refractivity contribution in [1.82, 2.24) is 0 Å². The number of benzene rings is 1. The van der Waals surface area contributed by atoms with Crippen LogP contribution in [0.3, 0.4) is 0 Å². The fourth-order valence-electron chi connectivity index (χ4n) is 2.58. The summed E-state index contributed by atoms with van der Waals surface area (Å²) in [6.45, 7) is 12.9. The quantitative estimate of drug-likeness (QED) is 0.696. The van der Waals surface area contributed by atoms with Crippen molar-refractivity contribution in [1.29, 1.82) is 0 Å². The van der Waals surface area contributed by atoms with Crippen LogP contribution in [0.25, 0.3) is 0 Å². The van der Waals surface area contributed by atoms with Crippen LogP contribution in [0.4, 0.5) is 0 Å². The summed E-state index contributed by atoms with van der Waals surface area (Å²) >= 11 is 0. The molecule has 0 atom stereocenters. The van der Waals surface area contributed by atoms with Crippen molar-refractivity contribution in [2.24, 2.45) is 5.41 Å². The van der Waals surface area contributed by atoms with E-state index in [0.717, 1.165) is 12.0 Å². The molecule has 0 spiro atoms. The molecule has 1 aromatic carbocycles. The van der Waals surface area contributed by atoms with E-state index in [4.69, 9.17) is 0 Å². The monoisotopic (exact) mass is 232 g/mol. The van der Waals surface area contributed by atoms with E-state index in [1.165, 1.54) is 5.56 Å². The van der Waals surface area contributed by atoms with Crippen LogP contribution in [-0.4, -0.2) is 5.78 Å². The van der Waals surface area contributed by atoms with E-state index in [1.54, 1.807) is 6.92 Å². The van der Waals surface area contributed by atoms with Crippen molar-refractivity contribution in [3.63, 3.8) is 0 Å². The molecule has 0 aliphatic heterocycles. The van der Waals surface area contributed by atoms with Crippen molar-refractivity contribution in [3.05, 3.63) is 35.4 Å². The number of rotatable bonds is 3. The molecule has 0 fully saturated rings. The molecule has 0 saturated carbocycles. The molecule has 0 unspecified atom stereocenters. The van der Waals surface area contributed by atoms with Crippen molar-refractivity contribution in [2.75, 3.05) is 0 Å². The molecule has 0 amide bonds. The van der Waals surface area contributed by atoms with Gasteiger partial charge >= 0.3 is 0 Å². The zero-order valence-electron chi connectivity index (χ0n) is 11.9. The van der Waals surface area contributed by atoms with E-state index in [9.17, 15) is 4.79 Å². The lowest BCUT2D eigenvalue weighted by molar-refractivity contribution is 0.101. The van der Waals surface area contributed by atoms with E-state index in [1.807, 2.05) is 12.1 Å². The van der Waals surface area contributed by atoms with Gasteiger partial charge in [0.05, 0.1) is 0 Å². The third-order valence-electron chi connectivity index (χ3n) is 3.05. The maximum Gasteiger partial charge on any atom is 0.159 e. The Bertz CT molecular complexity index is 391. The molecule has 94 valence electrons. The van der Waals surface area contributed by atoms with Gasteiger partial charge in [0.2, 0.25) is 0 Å². The maximum absolute atomic E-state index is 11.2. The lowest BCUT2D eigenvalue weighted by Gasteiger charge is -2.33. The van der Waals surface area contributed by atoms with Crippen LogP contribution in [0, 0.1) is 5.41 Å². The van der Waals surface area contributed by atoms with E-state index >= 15 is 0 Å². The molecule has 1 heteroatoms. The largest absolute Gasteiger partial charge is 0.295 e. The molecule has 0 aliphatic carbocycles. The summed E-state index contributed by atoms with van der Waals surface area (Å²) in [4.78, 5) is 11.2. The molecule has 0 bridgehead atoms. The van der Waals surface area contributed by atoms with Crippen LogP contribution in [0.5, 0.6) is 0 Å². The zero-order valence-corrected chi connectivity index (χ0v) is 11.9. The van der Waals surface area contributed by atoms with Crippen molar-refractivity contribution >= 4 is 5.78 Å². The Hall–Kier alpha value is -1.11. The highest BCUT2D eigenvalue weighted by Crippen LogP contribution is 2.36. The fraction of sp³-hybridized carbons (Fsp3) is 0.562.